The van der Waals surface area contributed by atoms with Crippen LogP contribution < -0.4 is 5.56 Å². The number of aromatic nitrogens is 1. The monoisotopic (exact) mass is 222 g/mol. The summed E-state index contributed by atoms with van der Waals surface area (Å²) in [5, 5.41) is 18.6. The van der Waals surface area contributed by atoms with Crippen LogP contribution in [0.5, 0.6) is 5.88 Å². The Morgan fingerprint density at radius 3 is 2.88 bits per heavy atom. The highest BCUT2D eigenvalue weighted by Gasteiger charge is 2.11. The third-order valence-corrected chi connectivity index (χ3v) is 2.32. The molecule has 0 spiro atoms. The Bertz CT molecular complexity index is 471. The van der Waals surface area contributed by atoms with Gasteiger partial charge in [-0.1, -0.05) is 0 Å². The highest BCUT2D eigenvalue weighted by Crippen LogP contribution is 2.17. The summed E-state index contributed by atoms with van der Waals surface area (Å²) >= 11 is 0. The van der Waals surface area contributed by atoms with Gasteiger partial charge < -0.3 is 9.84 Å². The molecule has 1 aromatic rings. The second-order valence-electron chi connectivity index (χ2n) is 3.47. The second-order valence-corrected chi connectivity index (χ2v) is 3.47. The van der Waals surface area contributed by atoms with E-state index in [1.54, 1.807) is 14.0 Å². The average Bonchev–Trinajstić information content (AvgIpc) is 2.23. The highest BCUT2D eigenvalue weighted by atomic mass is 16.5. The predicted octanol–water partition coefficient (Wildman–Crippen LogP) is 0.770. The Hall–Kier alpha value is -1.80. The fourth-order valence-corrected chi connectivity index (χ4v) is 1.47. The zero-order valence-corrected chi connectivity index (χ0v) is 9.36. The lowest BCUT2D eigenvalue weighted by molar-refractivity contribution is 0.188. The maximum absolute atomic E-state index is 11.6. The summed E-state index contributed by atoms with van der Waals surface area (Å²) in [5.41, 5.74) is 0.343. The van der Waals surface area contributed by atoms with E-state index in [0.29, 0.717) is 25.1 Å². The standard InChI is InChI=1S/C11H14N2O3/c1-8-6-10(14)13(4-3-5-16-2)11(15)9(8)7-12/h6,15H,3-5H2,1-2H3. The highest BCUT2D eigenvalue weighted by molar-refractivity contribution is 5.43. The van der Waals surface area contributed by atoms with Crippen molar-refractivity contribution in [1.29, 1.82) is 5.26 Å². The van der Waals surface area contributed by atoms with Crippen molar-refractivity contribution in [2.45, 2.75) is 19.9 Å². The molecule has 0 aliphatic rings. The molecule has 1 aromatic heterocycles. The Morgan fingerprint density at radius 1 is 1.62 bits per heavy atom. The first-order chi connectivity index (χ1) is 7.61. The van der Waals surface area contributed by atoms with Crippen LogP contribution >= 0.6 is 0 Å². The summed E-state index contributed by atoms with van der Waals surface area (Å²) in [6, 6.07) is 3.23. The van der Waals surface area contributed by atoms with Crippen LogP contribution in [0.25, 0.3) is 0 Å². The van der Waals surface area contributed by atoms with Crippen LogP contribution in [0.3, 0.4) is 0 Å². The Kier molecular flexibility index (Phi) is 4.09. The SMILES string of the molecule is COCCCn1c(O)c(C#N)c(C)cc1=O. The number of aryl methyl sites for hydroxylation is 1. The van der Waals surface area contributed by atoms with E-state index < -0.39 is 0 Å². The minimum Gasteiger partial charge on any atom is -0.493 e. The van der Waals surface area contributed by atoms with Gasteiger partial charge in [0.1, 0.15) is 11.6 Å². The van der Waals surface area contributed by atoms with E-state index in [-0.39, 0.29) is 17.0 Å². The number of hydrogen-bond acceptors (Lipinski definition) is 4. The Balaban J connectivity index is 3.10. The molecule has 1 heterocycles. The first-order valence-corrected chi connectivity index (χ1v) is 4.94. The minimum atomic E-state index is -0.301. The van der Waals surface area contributed by atoms with Crippen molar-refractivity contribution < 1.29 is 9.84 Å². The number of nitriles is 1. The molecule has 0 atom stereocenters. The van der Waals surface area contributed by atoms with Crippen molar-refractivity contribution in [2.75, 3.05) is 13.7 Å². The molecule has 16 heavy (non-hydrogen) atoms. The van der Waals surface area contributed by atoms with E-state index in [4.69, 9.17) is 10.00 Å². The quantitative estimate of drug-likeness (QED) is 0.763. The fraction of sp³-hybridized carbons (Fsp3) is 0.455. The van der Waals surface area contributed by atoms with Gasteiger partial charge >= 0.3 is 0 Å². The maximum atomic E-state index is 11.6. The zero-order chi connectivity index (χ0) is 12.1. The lowest BCUT2D eigenvalue weighted by Gasteiger charge is -2.10. The molecule has 0 unspecified atom stereocenters. The fourth-order valence-electron chi connectivity index (χ4n) is 1.47. The van der Waals surface area contributed by atoms with Crippen molar-refractivity contribution in [2.24, 2.45) is 0 Å². The summed E-state index contributed by atoms with van der Waals surface area (Å²) < 4.78 is 6.05. The van der Waals surface area contributed by atoms with Crippen molar-refractivity contribution in [3.8, 4) is 11.9 Å². The number of aromatic hydroxyl groups is 1. The number of nitrogens with zero attached hydrogens (tertiary/aromatic N) is 2. The lowest BCUT2D eigenvalue weighted by Crippen LogP contribution is -2.21. The van der Waals surface area contributed by atoms with Crippen molar-refractivity contribution in [3.05, 3.63) is 27.5 Å². The van der Waals surface area contributed by atoms with E-state index in [0.717, 1.165) is 0 Å². The van der Waals surface area contributed by atoms with Gasteiger partial charge in [-0.25, -0.2) is 0 Å². The van der Waals surface area contributed by atoms with Crippen molar-refractivity contribution >= 4 is 0 Å². The number of pyridine rings is 1. The molecule has 86 valence electrons. The summed E-state index contributed by atoms with van der Waals surface area (Å²) in [5.74, 6) is -0.261. The molecular formula is C11H14N2O3. The molecule has 0 radical (unpaired) electrons. The molecule has 0 aliphatic carbocycles. The number of hydrogen-bond donors (Lipinski definition) is 1. The van der Waals surface area contributed by atoms with E-state index in [9.17, 15) is 9.90 Å². The molecule has 0 aromatic carbocycles. The van der Waals surface area contributed by atoms with Crippen molar-refractivity contribution in [3.63, 3.8) is 0 Å². The maximum Gasteiger partial charge on any atom is 0.253 e. The largest absolute Gasteiger partial charge is 0.493 e. The second kappa shape index (κ2) is 5.33. The van der Waals surface area contributed by atoms with Crippen LogP contribution in [0.4, 0.5) is 0 Å². The number of ether oxygens (including phenoxy) is 1. The molecule has 5 nitrogen and oxygen atoms in total. The number of rotatable bonds is 4. The molecule has 0 amide bonds. The molecule has 0 aliphatic heterocycles. The van der Waals surface area contributed by atoms with E-state index >= 15 is 0 Å². The molecule has 1 rings (SSSR count). The van der Waals surface area contributed by atoms with Gasteiger partial charge in [0.2, 0.25) is 5.88 Å². The third-order valence-electron chi connectivity index (χ3n) is 2.32. The minimum absolute atomic E-state index is 0.150. The molecule has 0 fully saturated rings. The summed E-state index contributed by atoms with van der Waals surface area (Å²) in [7, 11) is 1.57. The van der Waals surface area contributed by atoms with Gasteiger partial charge in [0, 0.05) is 26.3 Å². The van der Waals surface area contributed by atoms with Gasteiger partial charge in [-0.05, 0) is 18.9 Å². The van der Waals surface area contributed by atoms with Crippen molar-refractivity contribution in [1.82, 2.24) is 4.57 Å². The molecule has 0 saturated carbocycles. The molecule has 1 N–H and O–H groups in total. The van der Waals surface area contributed by atoms with Crippen LogP contribution in [-0.4, -0.2) is 23.4 Å². The molecular weight excluding hydrogens is 208 g/mol. The first kappa shape index (κ1) is 12.3. The van der Waals surface area contributed by atoms with E-state index in [2.05, 4.69) is 0 Å². The Labute approximate surface area is 93.5 Å². The number of methoxy groups -OCH3 is 1. The van der Waals surface area contributed by atoms with Gasteiger partial charge in [-0.2, -0.15) is 5.26 Å². The van der Waals surface area contributed by atoms with E-state index in [1.807, 2.05) is 6.07 Å². The van der Waals surface area contributed by atoms with Crippen LogP contribution in [0.15, 0.2) is 10.9 Å². The van der Waals surface area contributed by atoms with Gasteiger partial charge in [-0.15, -0.1) is 0 Å². The van der Waals surface area contributed by atoms with Crippen LogP contribution in [0.2, 0.25) is 0 Å². The molecule has 0 bridgehead atoms. The average molecular weight is 222 g/mol. The lowest BCUT2D eigenvalue weighted by atomic mass is 10.1. The normalized spacial score (nSPS) is 10.1. The first-order valence-electron chi connectivity index (χ1n) is 4.94. The van der Waals surface area contributed by atoms with Gasteiger partial charge in [0.15, 0.2) is 0 Å². The summed E-state index contributed by atoms with van der Waals surface area (Å²) in [4.78, 5) is 11.6. The van der Waals surface area contributed by atoms with Crippen LogP contribution in [0, 0.1) is 18.3 Å². The summed E-state index contributed by atoms with van der Waals surface area (Å²) in [6.45, 7) is 2.47. The third kappa shape index (κ3) is 2.41. The summed E-state index contributed by atoms with van der Waals surface area (Å²) in [6.07, 6.45) is 0.609. The van der Waals surface area contributed by atoms with Gasteiger partial charge in [0.05, 0.1) is 0 Å². The zero-order valence-electron chi connectivity index (χ0n) is 9.36. The smallest absolute Gasteiger partial charge is 0.253 e. The predicted molar refractivity (Wildman–Crippen MR) is 58.3 cm³/mol. The van der Waals surface area contributed by atoms with Crippen LogP contribution in [-0.2, 0) is 11.3 Å². The molecule has 5 heteroatoms. The van der Waals surface area contributed by atoms with Crippen LogP contribution in [0.1, 0.15) is 17.5 Å². The van der Waals surface area contributed by atoms with E-state index in [1.165, 1.54) is 10.6 Å². The van der Waals surface area contributed by atoms with Gasteiger partial charge in [-0.3, -0.25) is 9.36 Å². The molecule has 0 saturated heterocycles. The van der Waals surface area contributed by atoms with Gasteiger partial charge in [0.25, 0.3) is 5.56 Å². The Morgan fingerprint density at radius 2 is 2.31 bits per heavy atom. The topological polar surface area (TPSA) is 75.2 Å².